The lowest BCUT2D eigenvalue weighted by Crippen LogP contribution is -2.42. The first kappa shape index (κ1) is 24.8. The number of aromatic nitrogens is 4. The summed E-state index contributed by atoms with van der Waals surface area (Å²) in [5.41, 5.74) is 3.25. The molecule has 0 radical (unpaired) electrons. The van der Waals surface area contributed by atoms with E-state index >= 15 is 0 Å². The summed E-state index contributed by atoms with van der Waals surface area (Å²) in [4.78, 5) is 15.4. The lowest BCUT2D eigenvalue weighted by molar-refractivity contribution is -0.192. The van der Waals surface area contributed by atoms with Gasteiger partial charge in [0.2, 0.25) is 10.0 Å². The number of hydrogen-bond donors (Lipinski definition) is 2. The molecule has 0 saturated heterocycles. The van der Waals surface area contributed by atoms with Crippen molar-refractivity contribution in [1.82, 2.24) is 29.0 Å². The topological polar surface area (TPSA) is 122 Å². The molecule has 0 fully saturated rings. The number of hydrogen-bond acceptors (Lipinski definition) is 6. The number of carboxylic acids is 1. The van der Waals surface area contributed by atoms with E-state index in [1.165, 1.54) is 0 Å². The zero-order chi connectivity index (χ0) is 23.4. The molecule has 2 aromatic rings. The van der Waals surface area contributed by atoms with Crippen LogP contribution < -0.4 is 4.72 Å². The van der Waals surface area contributed by atoms with Crippen molar-refractivity contribution < 1.29 is 31.5 Å². The number of sulfonamides is 1. The molecule has 3 rings (SSSR count). The summed E-state index contributed by atoms with van der Waals surface area (Å²) in [5, 5.41) is 11.5. The van der Waals surface area contributed by atoms with Crippen LogP contribution >= 0.6 is 0 Å². The van der Waals surface area contributed by atoms with E-state index in [2.05, 4.69) is 30.3 Å². The van der Waals surface area contributed by atoms with E-state index in [9.17, 15) is 21.6 Å². The Morgan fingerprint density at radius 2 is 2.03 bits per heavy atom. The Balaban J connectivity index is 0.000000423. The Hall–Kier alpha value is -2.45. The van der Waals surface area contributed by atoms with Crippen LogP contribution in [0.4, 0.5) is 13.2 Å². The molecule has 0 spiro atoms. The number of halogens is 3. The number of carbonyl (C=O) groups is 1. The lowest BCUT2D eigenvalue weighted by Gasteiger charge is -2.34. The number of nitrogens with one attached hydrogen (secondary N) is 1. The number of alkyl halides is 3. The predicted molar refractivity (Wildman–Crippen MR) is 104 cm³/mol. The molecule has 0 bridgehead atoms. The SMILES string of the molecule is CCS(=O)(=O)NCC1CN(Cc2cc(C)nn2C)Cc2cncn21.O=C(O)C(F)(F)F. The highest BCUT2D eigenvalue weighted by Gasteiger charge is 2.38. The minimum Gasteiger partial charge on any atom is -0.475 e. The van der Waals surface area contributed by atoms with Gasteiger partial charge in [-0.05, 0) is 19.9 Å². The van der Waals surface area contributed by atoms with Gasteiger partial charge in [-0.1, -0.05) is 0 Å². The van der Waals surface area contributed by atoms with Gasteiger partial charge in [-0.15, -0.1) is 0 Å². The van der Waals surface area contributed by atoms with Crippen LogP contribution in [0.5, 0.6) is 0 Å². The van der Waals surface area contributed by atoms with E-state index in [-0.39, 0.29) is 11.8 Å². The molecule has 0 saturated carbocycles. The molecule has 1 unspecified atom stereocenters. The number of aliphatic carboxylic acids is 1. The van der Waals surface area contributed by atoms with Crippen molar-refractivity contribution in [2.75, 3.05) is 18.8 Å². The highest BCUT2D eigenvalue weighted by Crippen LogP contribution is 2.22. The molecular formula is C17H25F3N6O4S. The molecule has 0 amide bonds. The third-order valence-corrected chi connectivity index (χ3v) is 6.01. The average Bonchev–Trinajstić information content (AvgIpc) is 3.25. The smallest absolute Gasteiger partial charge is 0.475 e. The first-order valence-corrected chi connectivity index (χ1v) is 11.0. The van der Waals surface area contributed by atoms with Crippen LogP contribution in [-0.2, 0) is 35.0 Å². The molecule has 31 heavy (non-hydrogen) atoms. The van der Waals surface area contributed by atoms with Gasteiger partial charge < -0.3 is 9.67 Å². The highest BCUT2D eigenvalue weighted by molar-refractivity contribution is 7.89. The molecule has 2 aromatic heterocycles. The summed E-state index contributed by atoms with van der Waals surface area (Å²) in [6.07, 6.45) is -1.45. The van der Waals surface area contributed by atoms with E-state index in [4.69, 9.17) is 9.90 Å². The summed E-state index contributed by atoms with van der Waals surface area (Å²) < 4.78 is 61.9. The largest absolute Gasteiger partial charge is 0.490 e. The van der Waals surface area contributed by atoms with Crippen molar-refractivity contribution in [3.63, 3.8) is 0 Å². The number of aryl methyl sites for hydroxylation is 2. The molecule has 1 aliphatic heterocycles. The normalized spacial score (nSPS) is 17.0. The fourth-order valence-electron chi connectivity index (χ4n) is 3.11. The van der Waals surface area contributed by atoms with Crippen LogP contribution in [-0.4, -0.2) is 68.7 Å². The molecule has 0 aromatic carbocycles. The predicted octanol–water partition coefficient (Wildman–Crippen LogP) is 1.05. The van der Waals surface area contributed by atoms with Crippen molar-refractivity contribution in [2.24, 2.45) is 7.05 Å². The van der Waals surface area contributed by atoms with Gasteiger partial charge >= 0.3 is 12.1 Å². The van der Waals surface area contributed by atoms with Crippen LogP contribution in [0.25, 0.3) is 0 Å². The Bertz CT molecular complexity index is 1000. The fourth-order valence-corrected chi connectivity index (χ4v) is 3.76. The second kappa shape index (κ2) is 9.78. The van der Waals surface area contributed by atoms with Gasteiger partial charge in [0, 0.05) is 39.4 Å². The van der Waals surface area contributed by atoms with Gasteiger partial charge in [-0.2, -0.15) is 18.3 Å². The Morgan fingerprint density at radius 1 is 1.39 bits per heavy atom. The highest BCUT2D eigenvalue weighted by atomic mass is 32.2. The maximum Gasteiger partial charge on any atom is 0.490 e. The van der Waals surface area contributed by atoms with Crippen molar-refractivity contribution in [3.8, 4) is 0 Å². The second-order valence-corrected chi connectivity index (χ2v) is 9.17. The minimum absolute atomic E-state index is 0.0342. The number of nitrogens with zero attached hydrogens (tertiary/aromatic N) is 5. The molecule has 1 atom stereocenters. The Labute approximate surface area is 177 Å². The molecular weight excluding hydrogens is 441 g/mol. The third-order valence-electron chi connectivity index (χ3n) is 4.64. The zero-order valence-electron chi connectivity index (χ0n) is 17.3. The Morgan fingerprint density at radius 3 is 2.55 bits per heavy atom. The molecule has 10 nitrogen and oxygen atoms in total. The fraction of sp³-hybridized carbons (Fsp3) is 0.588. The van der Waals surface area contributed by atoms with Crippen LogP contribution in [0.3, 0.4) is 0 Å². The third kappa shape index (κ3) is 7.04. The molecule has 0 aliphatic carbocycles. The Kier molecular flexibility index (Phi) is 7.83. The summed E-state index contributed by atoms with van der Waals surface area (Å²) >= 11 is 0. The number of imidazole rings is 1. The van der Waals surface area contributed by atoms with Crippen LogP contribution in [0.15, 0.2) is 18.6 Å². The standard InChI is InChI=1S/C15H24N6O2S.C2HF3O2/c1-4-24(22,23)17-7-15-10-20(9-14-6-16-11-21(14)15)8-13-5-12(2)18-19(13)3;3-2(4,5)1(6)7/h5-6,11,15,17H,4,7-10H2,1-3H3;(H,6,7). The van der Waals surface area contributed by atoms with Crippen LogP contribution in [0.2, 0.25) is 0 Å². The van der Waals surface area contributed by atoms with Gasteiger partial charge in [-0.3, -0.25) is 9.58 Å². The van der Waals surface area contributed by atoms with Crippen LogP contribution in [0.1, 0.15) is 30.0 Å². The van der Waals surface area contributed by atoms with E-state index in [0.717, 1.165) is 36.7 Å². The second-order valence-electron chi connectivity index (χ2n) is 7.07. The molecule has 174 valence electrons. The van der Waals surface area contributed by atoms with Gasteiger partial charge in [0.1, 0.15) is 0 Å². The zero-order valence-corrected chi connectivity index (χ0v) is 18.1. The number of rotatable bonds is 6. The lowest BCUT2D eigenvalue weighted by atomic mass is 10.1. The summed E-state index contributed by atoms with van der Waals surface area (Å²) in [7, 11) is -1.25. The number of fused-ring (bicyclic) bond motifs is 1. The quantitative estimate of drug-likeness (QED) is 0.653. The first-order valence-electron chi connectivity index (χ1n) is 9.32. The maximum atomic E-state index is 11.8. The van der Waals surface area contributed by atoms with Gasteiger partial charge in [0.05, 0.1) is 35.2 Å². The van der Waals surface area contributed by atoms with Crippen molar-refractivity contribution in [3.05, 3.63) is 35.7 Å². The summed E-state index contributed by atoms with van der Waals surface area (Å²) in [6, 6.07) is 2.12. The van der Waals surface area contributed by atoms with Crippen LogP contribution in [0, 0.1) is 6.92 Å². The van der Waals surface area contributed by atoms with Gasteiger partial charge in [0.15, 0.2) is 0 Å². The van der Waals surface area contributed by atoms with Crippen molar-refractivity contribution >= 4 is 16.0 Å². The van der Waals surface area contributed by atoms with Crippen molar-refractivity contribution in [2.45, 2.75) is 39.2 Å². The average molecular weight is 466 g/mol. The number of carboxylic acid groups (broad SMARTS) is 1. The molecule has 1 aliphatic rings. The van der Waals surface area contributed by atoms with E-state index in [0.29, 0.717) is 6.54 Å². The van der Waals surface area contributed by atoms with E-state index in [1.807, 2.05) is 24.9 Å². The maximum absolute atomic E-state index is 11.8. The van der Waals surface area contributed by atoms with E-state index < -0.39 is 22.2 Å². The summed E-state index contributed by atoms with van der Waals surface area (Å²) in [5.74, 6) is -2.67. The monoisotopic (exact) mass is 466 g/mol. The minimum atomic E-state index is -5.08. The molecule has 14 heteroatoms. The molecule has 2 N–H and O–H groups in total. The molecule has 3 heterocycles. The van der Waals surface area contributed by atoms with Gasteiger partial charge in [0.25, 0.3) is 0 Å². The van der Waals surface area contributed by atoms with Crippen molar-refractivity contribution in [1.29, 1.82) is 0 Å². The van der Waals surface area contributed by atoms with E-state index in [1.54, 1.807) is 13.3 Å². The van der Waals surface area contributed by atoms with Gasteiger partial charge in [-0.25, -0.2) is 22.9 Å². The first-order chi connectivity index (χ1) is 14.3. The summed E-state index contributed by atoms with van der Waals surface area (Å²) in [6.45, 7) is 6.33.